The summed E-state index contributed by atoms with van der Waals surface area (Å²) >= 11 is 0. The minimum absolute atomic E-state index is 0.383. The molecular formula is C8H10N4O2. The third-order valence-electron chi connectivity index (χ3n) is 1.84. The van der Waals surface area contributed by atoms with Crippen molar-refractivity contribution in [3.63, 3.8) is 0 Å². The van der Waals surface area contributed by atoms with Gasteiger partial charge >= 0.3 is 0 Å². The fraction of sp³-hybridized carbons (Fsp3) is 0.125. The maximum absolute atomic E-state index is 5.68. The molecule has 6 heteroatoms. The van der Waals surface area contributed by atoms with Gasteiger partial charge in [0.25, 0.3) is 5.95 Å². The van der Waals surface area contributed by atoms with Crippen molar-refractivity contribution in [2.75, 3.05) is 18.6 Å². The molecule has 0 atom stereocenters. The lowest BCUT2D eigenvalue weighted by atomic mass is 10.5. The van der Waals surface area contributed by atoms with Crippen LogP contribution in [0.1, 0.15) is 0 Å². The molecule has 2 heterocycles. The number of methoxy groups -OCH3 is 1. The van der Waals surface area contributed by atoms with E-state index < -0.39 is 0 Å². The molecule has 6 nitrogen and oxygen atoms in total. The van der Waals surface area contributed by atoms with E-state index in [1.807, 2.05) is 0 Å². The molecule has 0 bridgehead atoms. The summed E-state index contributed by atoms with van der Waals surface area (Å²) in [5, 5.41) is 3.98. The molecule has 0 radical (unpaired) electrons. The highest BCUT2D eigenvalue weighted by atomic mass is 16.6. The van der Waals surface area contributed by atoms with Crippen molar-refractivity contribution in [1.29, 1.82) is 0 Å². The summed E-state index contributed by atoms with van der Waals surface area (Å²) in [6.07, 6.45) is 2.97. The van der Waals surface area contributed by atoms with E-state index in [4.69, 9.17) is 20.6 Å². The molecule has 14 heavy (non-hydrogen) atoms. The molecule has 0 aliphatic carbocycles. The van der Waals surface area contributed by atoms with Crippen molar-refractivity contribution in [3.05, 3.63) is 18.5 Å². The predicted octanol–water partition coefficient (Wildman–Crippen LogP) is 0.638. The van der Waals surface area contributed by atoms with E-state index in [0.717, 1.165) is 0 Å². The summed E-state index contributed by atoms with van der Waals surface area (Å²) < 4.78 is 11.4. The fourth-order valence-corrected chi connectivity index (χ4v) is 1.10. The highest BCUT2D eigenvalue weighted by molar-refractivity contribution is 5.60. The minimum atomic E-state index is 0.383. The third kappa shape index (κ3) is 1.17. The van der Waals surface area contributed by atoms with E-state index in [9.17, 15) is 0 Å². The standard InChI is InChI=1S/C8H10N4O2/c1-13-7-2-5(4-14-7)12-8(10)6(9)3-11-12/h2-4H,9-10H2,1H3. The van der Waals surface area contributed by atoms with Crippen molar-refractivity contribution in [1.82, 2.24) is 9.78 Å². The molecule has 0 unspecified atom stereocenters. The van der Waals surface area contributed by atoms with Gasteiger partial charge in [-0.3, -0.25) is 0 Å². The van der Waals surface area contributed by atoms with Crippen LogP contribution in [0.15, 0.2) is 22.9 Å². The second kappa shape index (κ2) is 2.99. The Morgan fingerprint density at radius 2 is 2.29 bits per heavy atom. The van der Waals surface area contributed by atoms with Crippen LogP contribution in [0.4, 0.5) is 11.5 Å². The molecular weight excluding hydrogens is 184 g/mol. The number of hydrogen-bond acceptors (Lipinski definition) is 5. The van der Waals surface area contributed by atoms with Crippen molar-refractivity contribution in [3.8, 4) is 11.6 Å². The van der Waals surface area contributed by atoms with Crippen molar-refractivity contribution < 1.29 is 9.15 Å². The maximum atomic E-state index is 5.68. The first kappa shape index (κ1) is 8.49. The largest absolute Gasteiger partial charge is 0.468 e. The number of furan rings is 1. The van der Waals surface area contributed by atoms with E-state index in [1.165, 1.54) is 24.3 Å². The van der Waals surface area contributed by atoms with E-state index in [0.29, 0.717) is 23.1 Å². The van der Waals surface area contributed by atoms with Crippen LogP contribution in [0.25, 0.3) is 5.69 Å². The quantitative estimate of drug-likeness (QED) is 0.731. The van der Waals surface area contributed by atoms with Crippen LogP contribution in [0.2, 0.25) is 0 Å². The Kier molecular flexibility index (Phi) is 1.81. The summed E-state index contributed by atoms with van der Waals surface area (Å²) in [4.78, 5) is 0. The normalized spacial score (nSPS) is 10.4. The number of hydrogen-bond donors (Lipinski definition) is 2. The summed E-state index contributed by atoms with van der Waals surface area (Å²) in [5.41, 5.74) is 12.3. The van der Waals surface area contributed by atoms with Gasteiger partial charge in [0, 0.05) is 6.07 Å². The molecule has 0 fully saturated rings. The molecule has 2 aromatic rings. The fourth-order valence-electron chi connectivity index (χ4n) is 1.10. The summed E-state index contributed by atoms with van der Waals surface area (Å²) in [5.74, 6) is 0.780. The SMILES string of the molecule is COc1cc(-n2ncc(N)c2N)co1. The first-order valence-corrected chi connectivity index (χ1v) is 3.94. The van der Waals surface area contributed by atoms with Crippen molar-refractivity contribution >= 4 is 11.5 Å². The van der Waals surface area contributed by atoms with Crippen LogP contribution in [0.5, 0.6) is 5.95 Å². The minimum Gasteiger partial charge on any atom is -0.468 e. The van der Waals surface area contributed by atoms with Crippen molar-refractivity contribution in [2.45, 2.75) is 0 Å². The lowest BCUT2D eigenvalue weighted by molar-refractivity contribution is 0.305. The van der Waals surface area contributed by atoms with Crippen LogP contribution < -0.4 is 16.2 Å². The van der Waals surface area contributed by atoms with E-state index in [1.54, 1.807) is 6.07 Å². The van der Waals surface area contributed by atoms with Gasteiger partial charge in [0.15, 0.2) is 5.82 Å². The number of nitrogen functional groups attached to an aromatic ring is 2. The second-order valence-electron chi connectivity index (χ2n) is 2.73. The summed E-state index contributed by atoms with van der Waals surface area (Å²) in [7, 11) is 1.52. The number of nitrogens with zero attached hydrogens (tertiary/aromatic N) is 2. The summed E-state index contributed by atoms with van der Waals surface area (Å²) in [6, 6.07) is 1.67. The molecule has 4 N–H and O–H groups in total. The number of ether oxygens (including phenoxy) is 1. The summed E-state index contributed by atoms with van der Waals surface area (Å²) in [6.45, 7) is 0. The number of anilines is 2. The first-order chi connectivity index (χ1) is 6.72. The molecule has 0 aliphatic rings. The first-order valence-electron chi connectivity index (χ1n) is 3.94. The highest BCUT2D eigenvalue weighted by Crippen LogP contribution is 2.23. The smallest absolute Gasteiger partial charge is 0.286 e. The molecule has 0 aliphatic heterocycles. The third-order valence-corrected chi connectivity index (χ3v) is 1.84. The van der Waals surface area contributed by atoms with Gasteiger partial charge in [-0.15, -0.1) is 0 Å². The van der Waals surface area contributed by atoms with Gasteiger partial charge in [-0.25, -0.2) is 4.68 Å². The van der Waals surface area contributed by atoms with Gasteiger partial charge in [0.05, 0.1) is 19.0 Å². The topological polar surface area (TPSA) is 92.2 Å². The molecule has 0 saturated carbocycles. The lowest BCUT2D eigenvalue weighted by Gasteiger charge is -1.98. The molecule has 74 valence electrons. The van der Waals surface area contributed by atoms with Gasteiger partial charge < -0.3 is 20.6 Å². The van der Waals surface area contributed by atoms with Crippen LogP contribution in [-0.2, 0) is 0 Å². The Labute approximate surface area is 80.0 Å². The molecule has 2 aromatic heterocycles. The zero-order valence-electron chi connectivity index (χ0n) is 7.60. The van der Waals surface area contributed by atoms with E-state index in [2.05, 4.69) is 5.10 Å². The van der Waals surface area contributed by atoms with Gasteiger partial charge in [-0.05, 0) is 0 Å². The van der Waals surface area contributed by atoms with E-state index in [-0.39, 0.29) is 0 Å². The monoisotopic (exact) mass is 194 g/mol. The Bertz CT molecular complexity index is 446. The van der Waals surface area contributed by atoms with Crippen LogP contribution in [-0.4, -0.2) is 16.9 Å². The Morgan fingerprint density at radius 3 is 2.79 bits per heavy atom. The number of rotatable bonds is 2. The Hall–Kier alpha value is -2.11. The number of nitrogens with two attached hydrogens (primary N) is 2. The Morgan fingerprint density at radius 1 is 1.50 bits per heavy atom. The van der Waals surface area contributed by atoms with Gasteiger partial charge in [0.2, 0.25) is 0 Å². The van der Waals surface area contributed by atoms with Gasteiger partial charge in [-0.2, -0.15) is 5.10 Å². The highest BCUT2D eigenvalue weighted by Gasteiger charge is 2.09. The predicted molar refractivity (Wildman–Crippen MR) is 51.2 cm³/mol. The van der Waals surface area contributed by atoms with E-state index >= 15 is 0 Å². The number of aromatic nitrogens is 2. The van der Waals surface area contributed by atoms with Gasteiger partial charge in [0.1, 0.15) is 12.0 Å². The van der Waals surface area contributed by atoms with Crippen LogP contribution in [0, 0.1) is 0 Å². The van der Waals surface area contributed by atoms with Crippen molar-refractivity contribution in [2.24, 2.45) is 0 Å². The van der Waals surface area contributed by atoms with Gasteiger partial charge in [-0.1, -0.05) is 0 Å². The maximum Gasteiger partial charge on any atom is 0.286 e. The lowest BCUT2D eigenvalue weighted by Crippen LogP contribution is -2.01. The van der Waals surface area contributed by atoms with Crippen LogP contribution in [0.3, 0.4) is 0 Å². The Balaban J connectivity index is 2.44. The second-order valence-corrected chi connectivity index (χ2v) is 2.73. The molecule has 0 aromatic carbocycles. The average Bonchev–Trinajstić information content (AvgIpc) is 2.75. The zero-order valence-corrected chi connectivity index (χ0v) is 7.60. The molecule has 2 rings (SSSR count). The average molecular weight is 194 g/mol. The molecule has 0 saturated heterocycles. The van der Waals surface area contributed by atoms with Crippen LogP contribution >= 0.6 is 0 Å². The zero-order chi connectivity index (χ0) is 10.1. The molecule has 0 spiro atoms. The molecule has 0 amide bonds.